The molecule has 0 unspecified atom stereocenters. The molecule has 0 atom stereocenters. The number of nitrogens with two attached hydrogens (primary N) is 1. The Morgan fingerprint density at radius 1 is 1.39 bits per heavy atom. The van der Waals surface area contributed by atoms with E-state index in [1.165, 1.54) is 6.39 Å². The van der Waals surface area contributed by atoms with Gasteiger partial charge in [0.1, 0.15) is 5.52 Å². The van der Waals surface area contributed by atoms with E-state index >= 15 is 0 Å². The maximum atomic E-state index is 5.85. The number of pyridine rings is 1. The molecule has 0 aliphatic carbocycles. The van der Waals surface area contributed by atoms with Crippen LogP contribution in [0.2, 0.25) is 0 Å². The minimum absolute atomic E-state index is 0.343. The zero-order valence-electron chi connectivity index (χ0n) is 9.57. The Morgan fingerprint density at radius 3 is 3.00 bits per heavy atom. The van der Waals surface area contributed by atoms with Crippen molar-refractivity contribution in [3.8, 4) is 5.88 Å². The molecule has 0 saturated carbocycles. The number of hydrogen-bond acceptors (Lipinski definition) is 7. The average Bonchev–Trinajstić information content (AvgIpc) is 2.99. The van der Waals surface area contributed by atoms with Crippen LogP contribution in [0.3, 0.4) is 0 Å². The highest BCUT2D eigenvalue weighted by atomic mass is 16.5. The second-order valence-electron chi connectivity index (χ2n) is 3.60. The number of ether oxygens (including phenoxy) is 1. The number of nitrogen functional groups attached to an aromatic ring is 1. The van der Waals surface area contributed by atoms with Crippen molar-refractivity contribution in [1.29, 1.82) is 0 Å². The molecule has 8 nitrogen and oxygen atoms in total. The normalized spacial score (nSPS) is 10.9. The number of nitrogens with zero attached hydrogens (tertiary/aromatic N) is 5. The molecular weight excluding hydrogens is 236 g/mol. The first-order valence-corrected chi connectivity index (χ1v) is 5.20. The smallest absolute Gasteiger partial charge is 0.215 e. The minimum atomic E-state index is 0.343. The highest BCUT2D eigenvalue weighted by Crippen LogP contribution is 2.19. The summed E-state index contributed by atoms with van der Waals surface area (Å²) in [6.45, 7) is 0.346. The Hall–Kier alpha value is -2.64. The average molecular weight is 246 g/mol. The van der Waals surface area contributed by atoms with E-state index in [-0.39, 0.29) is 0 Å². The van der Waals surface area contributed by atoms with Gasteiger partial charge >= 0.3 is 0 Å². The summed E-state index contributed by atoms with van der Waals surface area (Å²) < 4.78 is 11.5. The van der Waals surface area contributed by atoms with Crippen molar-refractivity contribution >= 4 is 17.1 Å². The van der Waals surface area contributed by atoms with Gasteiger partial charge in [-0.25, -0.2) is 4.98 Å². The van der Waals surface area contributed by atoms with Gasteiger partial charge in [0.05, 0.1) is 13.7 Å². The van der Waals surface area contributed by atoms with E-state index < -0.39 is 0 Å². The lowest BCUT2D eigenvalue weighted by atomic mass is 10.4. The van der Waals surface area contributed by atoms with Crippen molar-refractivity contribution in [1.82, 2.24) is 24.7 Å². The number of hydrogen-bond donors (Lipinski definition) is 1. The second kappa shape index (κ2) is 3.99. The molecule has 3 aromatic rings. The largest absolute Gasteiger partial charge is 0.481 e. The van der Waals surface area contributed by atoms with E-state index in [0.717, 1.165) is 0 Å². The Bertz CT molecular complexity index is 675. The number of aromatic nitrogens is 5. The van der Waals surface area contributed by atoms with Gasteiger partial charge in [-0.1, -0.05) is 5.16 Å². The Kier molecular flexibility index (Phi) is 2.33. The third kappa shape index (κ3) is 1.63. The van der Waals surface area contributed by atoms with Crippen molar-refractivity contribution in [2.45, 2.75) is 6.54 Å². The Morgan fingerprint density at radius 2 is 2.28 bits per heavy atom. The zero-order valence-corrected chi connectivity index (χ0v) is 9.57. The van der Waals surface area contributed by atoms with Gasteiger partial charge in [0.15, 0.2) is 11.5 Å². The zero-order chi connectivity index (χ0) is 12.5. The topological polar surface area (TPSA) is 105 Å². The molecule has 0 aliphatic heterocycles. The molecule has 0 fully saturated rings. The highest BCUT2D eigenvalue weighted by Gasteiger charge is 2.12. The van der Waals surface area contributed by atoms with Gasteiger partial charge in [-0.3, -0.25) is 4.57 Å². The lowest BCUT2D eigenvalue weighted by molar-refractivity contribution is 0.398. The van der Waals surface area contributed by atoms with Crippen LogP contribution in [0.25, 0.3) is 11.2 Å². The van der Waals surface area contributed by atoms with Gasteiger partial charge in [-0.05, 0) is 6.07 Å². The van der Waals surface area contributed by atoms with Gasteiger partial charge in [0.25, 0.3) is 0 Å². The fraction of sp³-hybridized carbons (Fsp3) is 0.200. The van der Waals surface area contributed by atoms with Gasteiger partial charge in [-0.15, -0.1) is 0 Å². The summed E-state index contributed by atoms with van der Waals surface area (Å²) >= 11 is 0. The third-order valence-corrected chi connectivity index (χ3v) is 2.51. The van der Waals surface area contributed by atoms with Crippen LogP contribution in [0.1, 0.15) is 5.82 Å². The summed E-state index contributed by atoms with van der Waals surface area (Å²) in [6, 6.07) is 3.53. The van der Waals surface area contributed by atoms with Crippen molar-refractivity contribution in [3.05, 3.63) is 24.4 Å². The van der Waals surface area contributed by atoms with Crippen LogP contribution in [-0.2, 0) is 6.54 Å². The number of fused-ring (bicyclic) bond motifs is 1. The minimum Gasteiger partial charge on any atom is -0.481 e. The van der Waals surface area contributed by atoms with Crippen molar-refractivity contribution in [2.75, 3.05) is 12.8 Å². The van der Waals surface area contributed by atoms with E-state index in [4.69, 9.17) is 10.5 Å². The second-order valence-corrected chi connectivity index (χ2v) is 3.60. The maximum absolute atomic E-state index is 5.85. The van der Waals surface area contributed by atoms with Crippen LogP contribution in [0.5, 0.6) is 5.88 Å². The van der Waals surface area contributed by atoms with E-state index in [1.54, 1.807) is 23.8 Å². The van der Waals surface area contributed by atoms with E-state index in [2.05, 4.69) is 24.6 Å². The van der Waals surface area contributed by atoms with Gasteiger partial charge in [-0.2, -0.15) is 9.97 Å². The van der Waals surface area contributed by atoms with Crippen molar-refractivity contribution < 1.29 is 9.26 Å². The van der Waals surface area contributed by atoms with Crippen LogP contribution < -0.4 is 10.5 Å². The van der Waals surface area contributed by atoms with Gasteiger partial charge in [0.2, 0.25) is 18.2 Å². The standard InChI is InChI=1S/C10H10N6O2/c1-17-8-3-2-6-9(14-8)16(10(11)13-6)4-7-12-5-18-15-7/h2-3,5H,4H2,1H3,(H2,11,13). The fourth-order valence-electron chi connectivity index (χ4n) is 1.67. The molecule has 0 spiro atoms. The maximum Gasteiger partial charge on any atom is 0.215 e. The molecule has 3 aromatic heterocycles. The van der Waals surface area contributed by atoms with Crippen LogP contribution in [0, 0.1) is 0 Å². The lowest BCUT2D eigenvalue weighted by Gasteiger charge is -2.03. The molecule has 0 amide bonds. The number of methoxy groups -OCH3 is 1. The van der Waals surface area contributed by atoms with E-state index in [1.807, 2.05) is 0 Å². The SMILES string of the molecule is COc1ccc2nc(N)n(Cc3ncon3)c2n1. The first-order valence-electron chi connectivity index (χ1n) is 5.20. The summed E-state index contributed by atoms with van der Waals surface area (Å²) in [4.78, 5) is 12.5. The van der Waals surface area contributed by atoms with Crippen LogP contribution >= 0.6 is 0 Å². The summed E-state index contributed by atoms with van der Waals surface area (Å²) in [5, 5.41) is 3.73. The predicted molar refractivity (Wildman–Crippen MR) is 61.9 cm³/mol. The summed E-state index contributed by atoms with van der Waals surface area (Å²) in [7, 11) is 1.55. The van der Waals surface area contributed by atoms with E-state index in [0.29, 0.717) is 35.4 Å². The van der Waals surface area contributed by atoms with Gasteiger partial charge < -0.3 is 15.0 Å². The quantitative estimate of drug-likeness (QED) is 0.715. The monoisotopic (exact) mass is 246 g/mol. The molecule has 0 bridgehead atoms. The molecule has 92 valence electrons. The molecule has 0 aromatic carbocycles. The molecule has 3 heterocycles. The lowest BCUT2D eigenvalue weighted by Crippen LogP contribution is -2.06. The summed E-state index contributed by atoms with van der Waals surface area (Å²) in [5.41, 5.74) is 7.16. The Labute approximate surface area is 101 Å². The molecule has 0 radical (unpaired) electrons. The van der Waals surface area contributed by atoms with Crippen LogP contribution in [-0.4, -0.2) is 31.8 Å². The van der Waals surface area contributed by atoms with Crippen molar-refractivity contribution in [3.63, 3.8) is 0 Å². The molecule has 0 aliphatic rings. The fourth-order valence-corrected chi connectivity index (χ4v) is 1.67. The molecule has 2 N–H and O–H groups in total. The van der Waals surface area contributed by atoms with E-state index in [9.17, 15) is 0 Å². The highest BCUT2D eigenvalue weighted by molar-refractivity contribution is 5.74. The first kappa shape index (κ1) is 10.5. The first-order chi connectivity index (χ1) is 8.78. The Balaban J connectivity index is 2.11. The third-order valence-electron chi connectivity index (χ3n) is 2.51. The molecule has 18 heavy (non-hydrogen) atoms. The summed E-state index contributed by atoms with van der Waals surface area (Å²) in [6.07, 6.45) is 1.26. The van der Waals surface area contributed by atoms with Crippen LogP contribution in [0.15, 0.2) is 23.0 Å². The predicted octanol–water partition coefficient (Wildman–Crippen LogP) is 0.453. The van der Waals surface area contributed by atoms with Crippen LogP contribution in [0.4, 0.5) is 5.95 Å². The number of rotatable bonds is 3. The molecule has 3 rings (SSSR count). The molecule has 8 heteroatoms. The molecular formula is C10H10N6O2. The van der Waals surface area contributed by atoms with Crippen molar-refractivity contribution in [2.24, 2.45) is 0 Å². The molecule has 0 saturated heterocycles. The summed E-state index contributed by atoms with van der Waals surface area (Å²) in [5.74, 6) is 1.35. The van der Waals surface area contributed by atoms with Gasteiger partial charge in [0, 0.05) is 6.07 Å². The number of anilines is 1. The number of imidazole rings is 1.